The summed E-state index contributed by atoms with van der Waals surface area (Å²) < 4.78 is 0. The molecule has 0 radical (unpaired) electrons. The fourth-order valence-electron chi connectivity index (χ4n) is 8.29. The molecule has 1 aliphatic carbocycles. The molecule has 0 N–H and O–H groups in total. The molecule has 10 rings (SSSR count). The Hall–Kier alpha value is -7.23. The summed E-state index contributed by atoms with van der Waals surface area (Å²) in [5.74, 6) is 1.89. The van der Waals surface area contributed by atoms with Crippen molar-refractivity contribution in [3.05, 3.63) is 235 Å². The van der Waals surface area contributed by atoms with Crippen LogP contribution in [0.4, 0.5) is 0 Å². The first-order chi connectivity index (χ1) is 27.3. The molecule has 0 bridgehead atoms. The van der Waals surface area contributed by atoms with Crippen LogP contribution in [0.2, 0.25) is 0 Å². The maximum absolute atomic E-state index is 5.23. The van der Waals surface area contributed by atoms with Crippen molar-refractivity contribution >= 4 is 0 Å². The summed E-state index contributed by atoms with van der Waals surface area (Å²) in [6, 6.07) is 75.2. The van der Waals surface area contributed by atoms with Crippen LogP contribution in [-0.4, -0.2) is 15.0 Å². The first-order valence-corrected chi connectivity index (χ1v) is 18.7. The van der Waals surface area contributed by atoms with Crippen LogP contribution in [0.15, 0.2) is 212 Å². The Balaban J connectivity index is 1.18. The van der Waals surface area contributed by atoms with Gasteiger partial charge in [0.05, 0.1) is 5.41 Å². The van der Waals surface area contributed by atoms with Gasteiger partial charge in [-0.3, -0.25) is 0 Å². The summed E-state index contributed by atoms with van der Waals surface area (Å²) in [4.78, 5) is 15.6. The zero-order valence-corrected chi connectivity index (χ0v) is 30.0. The van der Waals surface area contributed by atoms with Gasteiger partial charge in [0.1, 0.15) is 0 Å². The average Bonchev–Trinajstić information content (AvgIpc) is 3.58. The maximum Gasteiger partial charge on any atom is 0.164 e. The van der Waals surface area contributed by atoms with E-state index in [1.807, 2.05) is 12.1 Å². The van der Waals surface area contributed by atoms with Gasteiger partial charge in [-0.15, -0.1) is 0 Å². The van der Waals surface area contributed by atoms with Gasteiger partial charge in [0.25, 0.3) is 0 Å². The van der Waals surface area contributed by atoms with Crippen LogP contribution in [-0.2, 0) is 5.41 Å². The minimum Gasteiger partial charge on any atom is -0.208 e. The number of hydrogen-bond acceptors (Lipinski definition) is 3. The van der Waals surface area contributed by atoms with E-state index in [4.69, 9.17) is 15.0 Å². The fraction of sp³-hybridized carbons (Fsp3) is 0.0192. The number of benzene rings is 8. The third-order valence-electron chi connectivity index (χ3n) is 10.8. The Morgan fingerprint density at radius 3 is 1.15 bits per heavy atom. The Bertz CT molecular complexity index is 2660. The van der Waals surface area contributed by atoms with Crippen LogP contribution in [0, 0.1) is 0 Å². The van der Waals surface area contributed by atoms with Crippen LogP contribution >= 0.6 is 0 Å². The van der Waals surface area contributed by atoms with E-state index in [-0.39, 0.29) is 0 Å². The number of rotatable bonds is 7. The van der Waals surface area contributed by atoms with Crippen molar-refractivity contribution in [2.45, 2.75) is 5.41 Å². The predicted molar refractivity (Wildman–Crippen MR) is 224 cm³/mol. The molecule has 0 atom stereocenters. The van der Waals surface area contributed by atoms with Gasteiger partial charge >= 0.3 is 0 Å². The van der Waals surface area contributed by atoms with Crippen LogP contribution < -0.4 is 0 Å². The molecule has 1 heterocycles. The second-order valence-corrected chi connectivity index (χ2v) is 14.0. The Morgan fingerprint density at radius 1 is 0.255 bits per heavy atom. The summed E-state index contributed by atoms with van der Waals surface area (Å²) >= 11 is 0. The van der Waals surface area contributed by atoms with E-state index in [0.29, 0.717) is 17.5 Å². The van der Waals surface area contributed by atoms with E-state index in [1.54, 1.807) is 0 Å². The molecule has 8 aromatic carbocycles. The molecule has 3 heteroatoms. The molecule has 258 valence electrons. The minimum atomic E-state index is -0.474. The van der Waals surface area contributed by atoms with E-state index in [9.17, 15) is 0 Å². The number of aromatic nitrogens is 3. The van der Waals surface area contributed by atoms with Crippen molar-refractivity contribution in [3.63, 3.8) is 0 Å². The Morgan fingerprint density at radius 2 is 0.636 bits per heavy atom. The van der Waals surface area contributed by atoms with Crippen LogP contribution in [0.5, 0.6) is 0 Å². The lowest BCUT2D eigenvalue weighted by atomic mass is 9.67. The number of hydrogen-bond donors (Lipinski definition) is 0. The van der Waals surface area contributed by atoms with Gasteiger partial charge < -0.3 is 0 Å². The highest BCUT2D eigenvalue weighted by molar-refractivity contribution is 5.88. The van der Waals surface area contributed by atoms with Crippen molar-refractivity contribution in [2.75, 3.05) is 0 Å². The van der Waals surface area contributed by atoms with Gasteiger partial charge in [-0.1, -0.05) is 194 Å². The summed E-state index contributed by atoms with van der Waals surface area (Å²) in [5.41, 5.74) is 14.2. The monoisotopic (exact) mass is 701 g/mol. The van der Waals surface area contributed by atoms with Crippen molar-refractivity contribution in [1.29, 1.82) is 0 Å². The molecule has 1 aliphatic rings. The average molecular weight is 702 g/mol. The molecule has 0 spiro atoms. The van der Waals surface area contributed by atoms with Crippen LogP contribution in [0.1, 0.15) is 22.3 Å². The summed E-state index contributed by atoms with van der Waals surface area (Å²) in [5, 5.41) is 0. The zero-order chi connectivity index (χ0) is 36.6. The molecule has 0 saturated carbocycles. The van der Waals surface area contributed by atoms with E-state index in [2.05, 4.69) is 200 Å². The smallest absolute Gasteiger partial charge is 0.164 e. The van der Waals surface area contributed by atoms with Crippen molar-refractivity contribution in [1.82, 2.24) is 15.0 Å². The summed E-state index contributed by atoms with van der Waals surface area (Å²) in [7, 11) is 0. The van der Waals surface area contributed by atoms with Crippen molar-refractivity contribution < 1.29 is 0 Å². The standard InChI is InChI=1S/C52H35N3/c1-5-17-36(18-6-1)38-21-15-23-40(33-38)49-53-50(41-24-16-22-39(34-41)37-19-7-2-8-20-37)55-51(54-49)42-31-32-48-46(35-42)45-29-13-14-30-47(45)52(48,43-25-9-3-10-26-43)44-27-11-4-12-28-44/h1-35H. The summed E-state index contributed by atoms with van der Waals surface area (Å²) in [6.07, 6.45) is 0. The normalized spacial score (nSPS) is 12.5. The predicted octanol–water partition coefficient (Wildman–Crippen LogP) is 12.6. The number of fused-ring (bicyclic) bond motifs is 3. The van der Waals surface area contributed by atoms with E-state index in [1.165, 1.54) is 33.4 Å². The second kappa shape index (κ2) is 13.6. The fourth-order valence-corrected chi connectivity index (χ4v) is 8.29. The highest BCUT2D eigenvalue weighted by Gasteiger charge is 2.46. The molecule has 0 saturated heterocycles. The topological polar surface area (TPSA) is 38.7 Å². The lowest BCUT2D eigenvalue weighted by Gasteiger charge is -2.33. The molecule has 9 aromatic rings. The molecule has 0 fully saturated rings. The van der Waals surface area contributed by atoms with Gasteiger partial charge in [-0.2, -0.15) is 0 Å². The first kappa shape index (κ1) is 32.4. The molecule has 55 heavy (non-hydrogen) atoms. The SMILES string of the molecule is c1ccc(-c2cccc(-c3nc(-c4cccc(-c5ccccc5)c4)nc(-c4ccc5c(c4)-c4ccccc4C5(c4ccccc4)c4ccccc4)n3)c2)cc1. The lowest BCUT2D eigenvalue weighted by Crippen LogP contribution is -2.28. The van der Waals surface area contributed by atoms with Crippen LogP contribution in [0.3, 0.4) is 0 Å². The molecular weight excluding hydrogens is 667 g/mol. The third kappa shape index (κ3) is 5.65. The van der Waals surface area contributed by atoms with Gasteiger partial charge in [-0.05, 0) is 73.8 Å². The maximum atomic E-state index is 5.23. The molecule has 3 nitrogen and oxygen atoms in total. The second-order valence-electron chi connectivity index (χ2n) is 14.0. The lowest BCUT2D eigenvalue weighted by molar-refractivity contribution is 0.768. The van der Waals surface area contributed by atoms with Gasteiger partial charge in [0, 0.05) is 16.7 Å². The third-order valence-corrected chi connectivity index (χ3v) is 10.8. The molecular formula is C52H35N3. The van der Waals surface area contributed by atoms with Crippen LogP contribution in [0.25, 0.3) is 67.5 Å². The van der Waals surface area contributed by atoms with Gasteiger partial charge in [0.2, 0.25) is 0 Å². The van der Waals surface area contributed by atoms with E-state index >= 15 is 0 Å². The quantitative estimate of drug-likeness (QED) is 0.166. The van der Waals surface area contributed by atoms with Crippen molar-refractivity contribution in [3.8, 4) is 67.5 Å². The highest BCUT2D eigenvalue weighted by Crippen LogP contribution is 2.56. The van der Waals surface area contributed by atoms with Gasteiger partial charge in [0.15, 0.2) is 17.5 Å². The Kier molecular flexibility index (Phi) is 8.04. The van der Waals surface area contributed by atoms with E-state index in [0.717, 1.165) is 38.9 Å². The molecule has 0 aliphatic heterocycles. The van der Waals surface area contributed by atoms with E-state index < -0.39 is 5.41 Å². The largest absolute Gasteiger partial charge is 0.208 e. The molecule has 0 unspecified atom stereocenters. The van der Waals surface area contributed by atoms with Gasteiger partial charge in [-0.25, -0.2) is 15.0 Å². The first-order valence-electron chi connectivity index (χ1n) is 18.7. The summed E-state index contributed by atoms with van der Waals surface area (Å²) in [6.45, 7) is 0. The highest BCUT2D eigenvalue weighted by atomic mass is 15.0. The minimum absolute atomic E-state index is 0.474. The molecule has 0 amide bonds. The number of nitrogens with zero attached hydrogens (tertiary/aromatic N) is 3. The molecule has 1 aromatic heterocycles. The van der Waals surface area contributed by atoms with Crippen molar-refractivity contribution in [2.24, 2.45) is 0 Å². The zero-order valence-electron chi connectivity index (χ0n) is 30.0. The Labute approximate surface area is 321 Å².